The number of rotatable bonds is 12. The molecule has 0 fully saturated rings. The zero-order valence-corrected chi connectivity index (χ0v) is 22.9. The van der Waals surface area contributed by atoms with E-state index >= 15 is 0 Å². The topological polar surface area (TPSA) is 96.9 Å². The van der Waals surface area contributed by atoms with Crippen molar-refractivity contribution >= 4 is 29.2 Å². The Balaban J connectivity index is 1.67. The summed E-state index contributed by atoms with van der Waals surface area (Å²) in [6.07, 6.45) is -4.65. The third kappa shape index (κ3) is 8.29. The highest BCUT2D eigenvalue weighted by molar-refractivity contribution is 6.33. The van der Waals surface area contributed by atoms with Crippen molar-refractivity contribution in [3.8, 4) is 22.6 Å². The molecule has 1 amide bonds. The summed E-state index contributed by atoms with van der Waals surface area (Å²) in [5, 5.41) is 14.6. The van der Waals surface area contributed by atoms with E-state index in [0.717, 1.165) is 17.8 Å². The first-order valence-corrected chi connectivity index (χ1v) is 12.8. The molecule has 0 spiro atoms. The summed E-state index contributed by atoms with van der Waals surface area (Å²) in [6.45, 7) is 4.39. The maximum atomic E-state index is 13.0. The number of methoxy groups -OCH3 is 1. The molecule has 214 valence electrons. The van der Waals surface area contributed by atoms with Crippen LogP contribution in [0.5, 0.6) is 11.5 Å². The monoisotopic (exact) mass is 578 g/mol. The van der Waals surface area contributed by atoms with E-state index in [9.17, 15) is 22.8 Å². The molecular formula is C29H30ClF3N2O5. The summed E-state index contributed by atoms with van der Waals surface area (Å²) in [4.78, 5) is 22.8. The number of carboxylic acid groups (broad SMARTS) is 1. The number of amides is 1. The Morgan fingerprint density at radius 3 is 2.25 bits per heavy atom. The van der Waals surface area contributed by atoms with Crippen LogP contribution in [0.25, 0.3) is 11.1 Å². The van der Waals surface area contributed by atoms with Gasteiger partial charge in [0.15, 0.2) is 0 Å². The lowest BCUT2D eigenvalue weighted by atomic mass is 10.0. The second-order valence-corrected chi connectivity index (χ2v) is 9.74. The van der Waals surface area contributed by atoms with Crippen molar-refractivity contribution in [1.82, 2.24) is 5.32 Å². The molecule has 3 rings (SSSR count). The van der Waals surface area contributed by atoms with Crippen molar-refractivity contribution in [2.24, 2.45) is 5.92 Å². The van der Waals surface area contributed by atoms with Crippen LogP contribution in [0.2, 0.25) is 5.02 Å². The highest BCUT2D eigenvalue weighted by atomic mass is 35.5. The number of ether oxygens (including phenoxy) is 2. The van der Waals surface area contributed by atoms with Crippen molar-refractivity contribution in [1.29, 1.82) is 0 Å². The quantitative estimate of drug-likeness (QED) is 0.220. The lowest BCUT2D eigenvalue weighted by Gasteiger charge is -2.24. The molecule has 0 bridgehead atoms. The number of aliphatic carboxylic acids is 1. The van der Waals surface area contributed by atoms with E-state index in [1.165, 1.54) is 13.2 Å². The molecule has 40 heavy (non-hydrogen) atoms. The second kappa shape index (κ2) is 13.4. The molecule has 0 radical (unpaired) electrons. The number of hydrogen-bond donors (Lipinski definition) is 3. The van der Waals surface area contributed by atoms with Gasteiger partial charge in [0.05, 0.1) is 25.1 Å². The fraction of sp³-hybridized carbons (Fsp3) is 0.310. The minimum Gasteiger partial charge on any atom is -0.496 e. The molecule has 0 unspecified atom stereocenters. The zero-order valence-electron chi connectivity index (χ0n) is 22.1. The molecule has 11 heteroatoms. The number of benzene rings is 3. The number of nitrogens with one attached hydrogen (secondary N) is 2. The van der Waals surface area contributed by atoms with E-state index in [4.69, 9.17) is 26.2 Å². The average molecular weight is 579 g/mol. The smallest absolute Gasteiger partial charge is 0.416 e. The third-order valence-electron chi connectivity index (χ3n) is 6.12. The fourth-order valence-electron chi connectivity index (χ4n) is 3.80. The van der Waals surface area contributed by atoms with Crippen LogP contribution in [0.15, 0.2) is 60.7 Å². The summed E-state index contributed by atoms with van der Waals surface area (Å²) in [5.41, 5.74) is 1.28. The molecule has 0 saturated carbocycles. The Morgan fingerprint density at radius 2 is 1.68 bits per heavy atom. The van der Waals surface area contributed by atoms with Gasteiger partial charge in [-0.15, -0.1) is 0 Å². The van der Waals surface area contributed by atoms with E-state index < -0.39 is 17.7 Å². The number of alkyl halides is 3. The van der Waals surface area contributed by atoms with Gasteiger partial charge in [-0.25, -0.2) is 0 Å². The van der Waals surface area contributed by atoms with Gasteiger partial charge in [-0.2, -0.15) is 13.2 Å². The van der Waals surface area contributed by atoms with Crippen LogP contribution in [0.1, 0.15) is 36.2 Å². The molecule has 3 aromatic rings. The van der Waals surface area contributed by atoms with E-state index in [2.05, 4.69) is 10.6 Å². The van der Waals surface area contributed by atoms with Crippen LogP contribution in [-0.2, 0) is 11.0 Å². The average Bonchev–Trinajstić information content (AvgIpc) is 2.90. The van der Waals surface area contributed by atoms with Gasteiger partial charge in [0.2, 0.25) is 0 Å². The first kappa shape index (κ1) is 30.6. The fourth-order valence-corrected chi connectivity index (χ4v) is 4.08. The molecule has 1 atom stereocenters. The Labute approximate surface area is 235 Å². The van der Waals surface area contributed by atoms with Crippen LogP contribution in [0, 0.1) is 5.92 Å². The largest absolute Gasteiger partial charge is 0.496 e. The van der Waals surface area contributed by atoms with Gasteiger partial charge < -0.3 is 25.2 Å². The van der Waals surface area contributed by atoms with Gasteiger partial charge >= 0.3 is 12.1 Å². The minimum atomic E-state index is -4.50. The number of halogens is 4. The number of hydrogen-bond acceptors (Lipinski definition) is 5. The van der Waals surface area contributed by atoms with Crippen LogP contribution in [-0.4, -0.2) is 43.3 Å². The van der Waals surface area contributed by atoms with Gasteiger partial charge in [-0.1, -0.05) is 31.5 Å². The van der Waals surface area contributed by atoms with Gasteiger partial charge in [-0.3, -0.25) is 9.59 Å². The van der Waals surface area contributed by atoms with Gasteiger partial charge in [0.1, 0.15) is 18.1 Å². The Hall–Kier alpha value is -3.92. The van der Waals surface area contributed by atoms with E-state index in [0.29, 0.717) is 34.8 Å². The zero-order chi connectivity index (χ0) is 29.4. The van der Waals surface area contributed by atoms with E-state index in [-0.39, 0.29) is 35.9 Å². The van der Waals surface area contributed by atoms with Gasteiger partial charge in [0, 0.05) is 40.0 Å². The number of anilines is 1. The van der Waals surface area contributed by atoms with Gasteiger partial charge in [-0.05, 0) is 54.4 Å². The first-order valence-electron chi connectivity index (χ1n) is 12.4. The van der Waals surface area contributed by atoms with Crippen molar-refractivity contribution in [3.05, 3.63) is 76.8 Å². The molecular weight excluding hydrogens is 549 g/mol. The molecule has 0 aliphatic rings. The lowest BCUT2D eigenvalue weighted by molar-refractivity contribution is -0.138. The standard InChI is InChI=1S/C29H30ClF3N2O5/c1-17(2)25(35-20-7-4-18(5-8-20)28(38)34-13-12-27(36)37)16-40-21-9-11-23(26(15-21)39-3)22-10-6-19(14-24(22)30)29(31,32)33/h4-11,14-15,17,25,35H,12-13,16H2,1-3H3,(H,34,38)(H,36,37)/t25-/m1/s1. The third-order valence-corrected chi connectivity index (χ3v) is 6.43. The highest BCUT2D eigenvalue weighted by Crippen LogP contribution is 2.40. The Bertz CT molecular complexity index is 1330. The highest BCUT2D eigenvalue weighted by Gasteiger charge is 2.31. The Kier molecular flexibility index (Phi) is 10.3. The summed E-state index contributed by atoms with van der Waals surface area (Å²) in [5.74, 6) is -0.271. The molecule has 0 aliphatic carbocycles. The number of carbonyl (C=O) groups excluding carboxylic acids is 1. The molecule has 7 nitrogen and oxygen atoms in total. The van der Waals surface area contributed by atoms with Crippen LogP contribution < -0.4 is 20.1 Å². The summed E-state index contributed by atoms with van der Waals surface area (Å²) in [6, 6.07) is 14.9. The lowest BCUT2D eigenvalue weighted by Crippen LogP contribution is -2.32. The van der Waals surface area contributed by atoms with Gasteiger partial charge in [0.25, 0.3) is 5.91 Å². The predicted octanol–water partition coefficient (Wildman–Crippen LogP) is 6.75. The van der Waals surface area contributed by atoms with Crippen LogP contribution >= 0.6 is 11.6 Å². The van der Waals surface area contributed by atoms with Crippen molar-refractivity contribution < 1.29 is 37.3 Å². The molecule has 0 saturated heterocycles. The van der Waals surface area contributed by atoms with E-state index in [1.807, 2.05) is 13.8 Å². The first-order chi connectivity index (χ1) is 18.9. The summed E-state index contributed by atoms with van der Waals surface area (Å²) in [7, 11) is 1.45. The molecule has 3 aromatic carbocycles. The van der Waals surface area contributed by atoms with Crippen molar-refractivity contribution in [2.45, 2.75) is 32.5 Å². The molecule has 0 aliphatic heterocycles. The second-order valence-electron chi connectivity index (χ2n) is 9.34. The molecule has 0 heterocycles. The van der Waals surface area contributed by atoms with Crippen molar-refractivity contribution in [2.75, 3.05) is 25.6 Å². The number of carboxylic acids is 1. The number of carbonyl (C=O) groups is 2. The normalized spacial score (nSPS) is 12.1. The summed E-state index contributed by atoms with van der Waals surface area (Å²) < 4.78 is 50.5. The maximum Gasteiger partial charge on any atom is 0.416 e. The SMILES string of the molecule is COc1cc(OC[C@@H](Nc2ccc(C(=O)NCCC(=O)O)cc2)C(C)C)ccc1-c1ccc(C(F)(F)F)cc1Cl. The van der Waals surface area contributed by atoms with Crippen LogP contribution in [0.4, 0.5) is 18.9 Å². The summed E-state index contributed by atoms with van der Waals surface area (Å²) >= 11 is 6.18. The Morgan fingerprint density at radius 1 is 1.00 bits per heavy atom. The molecule has 3 N–H and O–H groups in total. The maximum absolute atomic E-state index is 13.0. The van der Waals surface area contributed by atoms with Crippen molar-refractivity contribution in [3.63, 3.8) is 0 Å². The minimum absolute atomic E-state index is 0.0457. The van der Waals surface area contributed by atoms with Crippen LogP contribution in [0.3, 0.4) is 0 Å². The van der Waals surface area contributed by atoms with E-state index in [1.54, 1.807) is 42.5 Å². The molecule has 0 aromatic heterocycles. The predicted molar refractivity (Wildman–Crippen MR) is 147 cm³/mol.